The predicted molar refractivity (Wildman–Crippen MR) is 75.6 cm³/mol. The van der Waals surface area contributed by atoms with Crippen LogP contribution in [0.2, 0.25) is 0 Å². The average Bonchev–Trinajstić information content (AvgIpc) is 2.28. The summed E-state index contributed by atoms with van der Waals surface area (Å²) in [5.74, 6) is -0.159. The summed E-state index contributed by atoms with van der Waals surface area (Å²) in [4.78, 5) is 4.10. The molecule has 1 rings (SSSR count). The van der Waals surface area contributed by atoms with E-state index in [1.165, 1.54) is 0 Å². The second-order valence-corrected chi connectivity index (χ2v) is 4.90. The third-order valence-electron chi connectivity index (χ3n) is 2.96. The Balaban J connectivity index is 2.59. The van der Waals surface area contributed by atoms with E-state index in [1.807, 2.05) is 38.2 Å². The Morgan fingerprint density at radius 3 is 2.44 bits per heavy atom. The summed E-state index contributed by atoms with van der Waals surface area (Å²) in [6.45, 7) is 2.42. The Labute approximate surface area is 109 Å². The topological polar surface area (TPSA) is 32.5 Å². The van der Waals surface area contributed by atoms with Crippen LogP contribution in [0.1, 0.15) is 12.0 Å². The van der Waals surface area contributed by atoms with E-state index in [1.54, 1.807) is 6.07 Å². The highest BCUT2D eigenvalue weighted by atomic mass is 19.1. The number of hydrogen-bond donors (Lipinski definition) is 1. The van der Waals surface area contributed by atoms with Gasteiger partial charge < -0.3 is 15.5 Å². The monoisotopic (exact) mass is 253 g/mol. The third-order valence-corrected chi connectivity index (χ3v) is 2.96. The van der Waals surface area contributed by atoms with Crippen molar-refractivity contribution in [2.45, 2.75) is 12.8 Å². The highest BCUT2D eigenvalue weighted by Gasteiger charge is 2.08. The molecule has 0 saturated heterocycles. The molecule has 18 heavy (non-hydrogen) atoms. The fourth-order valence-corrected chi connectivity index (χ4v) is 1.93. The summed E-state index contributed by atoms with van der Waals surface area (Å²) in [6, 6.07) is 5.38. The van der Waals surface area contributed by atoms with Crippen molar-refractivity contribution in [3.8, 4) is 0 Å². The van der Waals surface area contributed by atoms with Gasteiger partial charge in [0.25, 0.3) is 0 Å². The largest absolute Gasteiger partial charge is 0.372 e. The predicted octanol–water partition coefficient (Wildman–Crippen LogP) is 1.71. The van der Waals surface area contributed by atoms with E-state index < -0.39 is 0 Å². The molecular weight excluding hydrogens is 229 g/mol. The van der Waals surface area contributed by atoms with Crippen molar-refractivity contribution in [2.75, 3.05) is 45.7 Å². The second-order valence-electron chi connectivity index (χ2n) is 4.90. The van der Waals surface area contributed by atoms with E-state index in [4.69, 9.17) is 5.73 Å². The van der Waals surface area contributed by atoms with Crippen LogP contribution in [-0.4, -0.2) is 45.7 Å². The first-order valence-electron chi connectivity index (χ1n) is 6.39. The van der Waals surface area contributed by atoms with Crippen LogP contribution >= 0.6 is 0 Å². The maximum atomic E-state index is 13.9. The Morgan fingerprint density at radius 2 is 1.89 bits per heavy atom. The van der Waals surface area contributed by atoms with E-state index in [0.717, 1.165) is 31.5 Å². The SMILES string of the molecule is CN(C)CCCN(C)c1ccc(CCN)cc1F. The molecule has 0 heterocycles. The van der Waals surface area contributed by atoms with E-state index in [2.05, 4.69) is 4.90 Å². The van der Waals surface area contributed by atoms with Crippen LogP contribution in [0.5, 0.6) is 0 Å². The normalized spacial score (nSPS) is 11.0. The van der Waals surface area contributed by atoms with Crippen molar-refractivity contribution >= 4 is 5.69 Å². The van der Waals surface area contributed by atoms with Gasteiger partial charge in [0.15, 0.2) is 0 Å². The molecular formula is C14H24FN3. The molecule has 0 saturated carbocycles. The van der Waals surface area contributed by atoms with Crippen molar-refractivity contribution < 1.29 is 4.39 Å². The van der Waals surface area contributed by atoms with Crippen molar-refractivity contribution in [1.29, 1.82) is 0 Å². The summed E-state index contributed by atoms with van der Waals surface area (Å²) < 4.78 is 13.9. The van der Waals surface area contributed by atoms with Gasteiger partial charge in [0.05, 0.1) is 5.69 Å². The molecule has 1 aromatic rings. The zero-order chi connectivity index (χ0) is 13.5. The quantitative estimate of drug-likeness (QED) is 0.803. The van der Waals surface area contributed by atoms with Gasteiger partial charge in [-0.25, -0.2) is 4.39 Å². The van der Waals surface area contributed by atoms with Crippen LogP contribution in [-0.2, 0) is 6.42 Å². The Morgan fingerprint density at radius 1 is 1.17 bits per heavy atom. The molecule has 0 bridgehead atoms. The fraction of sp³-hybridized carbons (Fsp3) is 0.571. The Hall–Kier alpha value is -1.13. The van der Waals surface area contributed by atoms with Crippen LogP contribution in [0.3, 0.4) is 0 Å². The fourth-order valence-electron chi connectivity index (χ4n) is 1.93. The van der Waals surface area contributed by atoms with E-state index in [0.29, 0.717) is 12.2 Å². The Bertz CT molecular complexity index is 366. The number of halogens is 1. The van der Waals surface area contributed by atoms with Crippen LogP contribution in [0.15, 0.2) is 18.2 Å². The van der Waals surface area contributed by atoms with Gasteiger partial charge in [-0.05, 0) is 57.7 Å². The molecule has 2 N–H and O–H groups in total. The van der Waals surface area contributed by atoms with Gasteiger partial charge in [-0.2, -0.15) is 0 Å². The van der Waals surface area contributed by atoms with Gasteiger partial charge in [0, 0.05) is 13.6 Å². The number of anilines is 1. The first-order chi connectivity index (χ1) is 8.54. The smallest absolute Gasteiger partial charge is 0.146 e. The van der Waals surface area contributed by atoms with Crippen molar-refractivity contribution in [3.05, 3.63) is 29.6 Å². The minimum Gasteiger partial charge on any atom is -0.372 e. The van der Waals surface area contributed by atoms with Gasteiger partial charge in [0.1, 0.15) is 5.82 Å². The van der Waals surface area contributed by atoms with Crippen LogP contribution in [0.4, 0.5) is 10.1 Å². The summed E-state index contributed by atoms with van der Waals surface area (Å²) in [7, 11) is 6.01. The van der Waals surface area contributed by atoms with E-state index in [-0.39, 0.29) is 5.82 Å². The van der Waals surface area contributed by atoms with Gasteiger partial charge >= 0.3 is 0 Å². The van der Waals surface area contributed by atoms with Gasteiger partial charge in [-0.3, -0.25) is 0 Å². The van der Waals surface area contributed by atoms with Crippen molar-refractivity contribution in [1.82, 2.24) is 4.90 Å². The summed E-state index contributed by atoms with van der Waals surface area (Å²) in [5, 5.41) is 0. The van der Waals surface area contributed by atoms with Crippen molar-refractivity contribution in [3.63, 3.8) is 0 Å². The van der Waals surface area contributed by atoms with Gasteiger partial charge in [-0.15, -0.1) is 0 Å². The lowest BCUT2D eigenvalue weighted by atomic mass is 10.1. The molecule has 0 spiro atoms. The van der Waals surface area contributed by atoms with Crippen molar-refractivity contribution in [2.24, 2.45) is 5.73 Å². The van der Waals surface area contributed by atoms with Crippen LogP contribution < -0.4 is 10.6 Å². The minimum absolute atomic E-state index is 0.159. The summed E-state index contributed by atoms with van der Waals surface area (Å²) >= 11 is 0. The molecule has 0 aliphatic carbocycles. The molecule has 0 atom stereocenters. The number of nitrogens with two attached hydrogens (primary N) is 1. The highest BCUT2D eigenvalue weighted by molar-refractivity contribution is 5.48. The van der Waals surface area contributed by atoms with Crippen LogP contribution in [0.25, 0.3) is 0 Å². The maximum Gasteiger partial charge on any atom is 0.146 e. The summed E-state index contributed by atoms with van der Waals surface area (Å²) in [6.07, 6.45) is 1.75. The molecule has 0 aliphatic rings. The number of hydrogen-bond acceptors (Lipinski definition) is 3. The average molecular weight is 253 g/mol. The lowest BCUT2D eigenvalue weighted by Gasteiger charge is -2.21. The maximum absolute atomic E-state index is 13.9. The molecule has 0 aromatic heterocycles. The van der Waals surface area contributed by atoms with Gasteiger partial charge in [0.2, 0.25) is 0 Å². The highest BCUT2D eigenvalue weighted by Crippen LogP contribution is 2.19. The third kappa shape index (κ3) is 4.63. The second kappa shape index (κ2) is 7.34. The van der Waals surface area contributed by atoms with E-state index >= 15 is 0 Å². The molecule has 102 valence electrons. The molecule has 4 heteroatoms. The summed E-state index contributed by atoms with van der Waals surface area (Å²) in [5.41, 5.74) is 7.09. The molecule has 0 unspecified atom stereocenters. The molecule has 0 aliphatic heterocycles. The molecule has 0 radical (unpaired) electrons. The number of nitrogens with zero attached hydrogens (tertiary/aromatic N) is 2. The van der Waals surface area contributed by atoms with Crippen LogP contribution in [0, 0.1) is 5.82 Å². The lowest BCUT2D eigenvalue weighted by Crippen LogP contribution is -2.24. The standard InChI is InChI=1S/C14H24FN3/c1-17(2)9-4-10-18(3)14-6-5-12(7-8-16)11-13(14)15/h5-6,11H,4,7-10,16H2,1-3H3. The first kappa shape index (κ1) is 14.9. The molecule has 0 amide bonds. The number of benzene rings is 1. The zero-order valence-corrected chi connectivity index (χ0v) is 11.6. The minimum atomic E-state index is -0.159. The first-order valence-corrected chi connectivity index (χ1v) is 6.39. The zero-order valence-electron chi connectivity index (χ0n) is 11.6. The van der Waals surface area contributed by atoms with E-state index in [9.17, 15) is 4.39 Å². The van der Waals surface area contributed by atoms with Gasteiger partial charge in [-0.1, -0.05) is 6.07 Å². The lowest BCUT2D eigenvalue weighted by molar-refractivity contribution is 0.401. The number of rotatable bonds is 7. The Kier molecular flexibility index (Phi) is 6.09. The molecule has 0 fully saturated rings. The molecule has 3 nitrogen and oxygen atoms in total. The molecule has 1 aromatic carbocycles.